The molecule has 1 heterocycles. The second-order valence-electron chi connectivity index (χ2n) is 5.52. The predicted octanol–water partition coefficient (Wildman–Crippen LogP) is 0.215. The maximum atomic E-state index is 13.1. The third-order valence-corrected chi connectivity index (χ3v) is 3.40. The molecular formula is C12H19B3F3N. The fourth-order valence-corrected chi connectivity index (χ4v) is 2.62. The highest BCUT2D eigenvalue weighted by molar-refractivity contribution is 6.99. The number of hydrogen-bond acceptors (Lipinski definition) is 1. The lowest BCUT2D eigenvalue weighted by molar-refractivity contribution is -0.140. The zero-order valence-corrected chi connectivity index (χ0v) is 12.4. The van der Waals surface area contributed by atoms with Crippen molar-refractivity contribution in [2.45, 2.75) is 45.7 Å². The number of halogens is 3. The molecule has 0 spiro atoms. The van der Waals surface area contributed by atoms with E-state index in [9.17, 15) is 13.2 Å². The van der Waals surface area contributed by atoms with Crippen LogP contribution in [0.5, 0.6) is 0 Å². The molecule has 0 N–H and O–H groups in total. The molecule has 0 unspecified atom stereocenters. The molecule has 102 valence electrons. The molecule has 0 saturated carbocycles. The molecule has 0 aliphatic carbocycles. The summed E-state index contributed by atoms with van der Waals surface area (Å²) >= 11 is 0. The summed E-state index contributed by atoms with van der Waals surface area (Å²) in [5.74, 6) is 0.167. The van der Waals surface area contributed by atoms with Gasteiger partial charge in [0, 0.05) is 5.69 Å². The summed E-state index contributed by atoms with van der Waals surface area (Å²) in [7, 11) is 3.89. The Morgan fingerprint density at radius 2 is 1.63 bits per heavy atom. The van der Waals surface area contributed by atoms with Gasteiger partial charge in [0.05, 0.1) is 7.74 Å². The first-order valence-corrected chi connectivity index (χ1v) is 6.71. The monoisotopic (exact) mass is 267 g/mol. The zero-order valence-electron chi connectivity index (χ0n) is 12.4. The summed E-state index contributed by atoms with van der Waals surface area (Å²) in [5, 5.41) is 0. The minimum absolute atomic E-state index is 0.0110. The first-order valence-electron chi connectivity index (χ1n) is 6.71. The zero-order chi connectivity index (χ0) is 15.0. The molecule has 0 atom stereocenters. The van der Waals surface area contributed by atoms with Crippen LogP contribution in [0, 0.1) is 0 Å². The van der Waals surface area contributed by atoms with Crippen LogP contribution in [0.25, 0.3) is 0 Å². The Bertz CT molecular complexity index is 470. The van der Waals surface area contributed by atoms with Crippen LogP contribution in [0.3, 0.4) is 0 Å². The molecule has 0 aromatic carbocycles. The smallest absolute Gasteiger partial charge is 0.248 e. The predicted molar refractivity (Wildman–Crippen MR) is 80.9 cm³/mol. The first-order chi connectivity index (χ1) is 8.61. The van der Waals surface area contributed by atoms with Crippen molar-refractivity contribution in [3.8, 4) is 0 Å². The number of alkyl halides is 3. The normalized spacial score (nSPS) is 12.3. The second-order valence-corrected chi connectivity index (χ2v) is 5.52. The van der Waals surface area contributed by atoms with Crippen molar-refractivity contribution in [3.05, 3.63) is 17.0 Å². The molecule has 0 fully saturated rings. The summed E-state index contributed by atoms with van der Waals surface area (Å²) in [6.45, 7) is 7.78. The lowest BCUT2D eigenvalue weighted by Gasteiger charge is -2.24. The molecule has 0 aliphatic heterocycles. The molecule has 0 aliphatic rings. The van der Waals surface area contributed by atoms with Gasteiger partial charge in [0.25, 0.3) is 0 Å². The Morgan fingerprint density at radius 1 is 1.11 bits per heavy atom. The van der Waals surface area contributed by atoms with E-state index in [-0.39, 0.29) is 11.8 Å². The van der Waals surface area contributed by atoms with Gasteiger partial charge in [-0.1, -0.05) is 38.6 Å². The SMILES string of the molecule is BBc1c(C(F)(F)F)nc(C(C)C)c(C(C)C)c1B. The van der Waals surface area contributed by atoms with E-state index in [1.54, 1.807) is 15.6 Å². The van der Waals surface area contributed by atoms with Crippen LogP contribution in [-0.2, 0) is 6.18 Å². The van der Waals surface area contributed by atoms with Gasteiger partial charge in [-0.05, 0) is 17.4 Å². The van der Waals surface area contributed by atoms with E-state index in [1.807, 2.05) is 27.7 Å². The van der Waals surface area contributed by atoms with Crippen molar-refractivity contribution in [1.29, 1.82) is 0 Å². The van der Waals surface area contributed by atoms with Crippen molar-refractivity contribution in [2.75, 3.05) is 0 Å². The molecular weight excluding hydrogens is 248 g/mol. The Kier molecular flexibility index (Phi) is 4.80. The van der Waals surface area contributed by atoms with Crippen LogP contribution in [0.1, 0.15) is 56.5 Å². The maximum absolute atomic E-state index is 13.1. The Morgan fingerprint density at radius 3 is 1.95 bits per heavy atom. The highest BCUT2D eigenvalue weighted by Gasteiger charge is 2.37. The number of nitrogens with zero attached hydrogens (tertiary/aromatic N) is 1. The number of hydrogen-bond donors (Lipinski definition) is 0. The van der Waals surface area contributed by atoms with Gasteiger partial charge in [0.1, 0.15) is 20.7 Å². The van der Waals surface area contributed by atoms with Gasteiger partial charge in [0.2, 0.25) is 0 Å². The largest absolute Gasteiger partial charge is 0.432 e. The highest BCUT2D eigenvalue weighted by atomic mass is 19.4. The van der Waals surface area contributed by atoms with E-state index in [0.717, 1.165) is 11.0 Å². The van der Waals surface area contributed by atoms with Gasteiger partial charge in [-0.2, -0.15) is 13.2 Å². The number of aromatic nitrogens is 1. The van der Waals surface area contributed by atoms with Gasteiger partial charge >= 0.3 is 6.18 Å². The first kappa shape index (κ1) is 16.2. The van der Waals surface area contributed by atoms with Crippen LogP contribution in [0.15, 0.2) is 0 Å². The molecule has 0 amide bonds. The lowest BCUT2D eigenvalue weighted by Crippen LogP contribution is -2.43. The summed E-state index contributed by atoms with van der Waals surface area (Å²) < 4.78 is 39.4. The highest BCUT2D eigenvalue weighted by Crippen LogP contribution is 2.29. The summed E-state index contributed by atoms with van der Waals surface area (Å²) in [6, 6.07) is 0. The minimum Gasteiger partial charge on any atom is -0.248 e. The van der Waals surface area contributed by atoms with Gasteiger partial charge in [-0.3, -0.25) is 0 Å². The van der Waals surface area contributed by atoms with Crippen molar-refractivity contribution in [1.82, 2.24) is 4.98 Å². The topological polar surface area (TPSA) is 12.9 Å². The van der Waals surface area contributed by atoms with E-state index in [0.29, 0.717) is 18.3 Å². The third-order valence-electron chi connectivity index (χ3n) is 3.40. The van der Waals surface area contributed by atoms with Crippen molar-refractivity contribution in [3.63, 3.8) is 0 Å². The van der Waals surface area contributed by atoms with E-state index < -0.39 is 11.9 Å². The van der Waals surface area contributed by atoms with E-state index >= 15 is 0 Å². The average molecular weight is 267 g/mol. The Balaban J connectivity index is 3.71. The van der Waals surface area contributed by atoms with Gasteiger partial charge < -0.3 is 0 Å². The molecule has 1 aromatic rings. The lowest BCUT2D eigenvalue weighted by atomic mass is 9.47. The Hall–Kier alpha value is -0.865. The van der Waals surface area contributed by atoms with Crippen LogP contribution >= 0.6 is 0 Å². The van der Waals surface area contributed by atoms with Crippen LogP contribution < -0.4 is 10.9 Å². The van der Waals surface area contributed by atoms with E-state index in [1.165, 1.54) is 0 Å². The quantitative estimate of drug-likeness (QED) is 0.713. The van der Waals surface area contributed by atoms with E-state index in [4.69, 9.17) is 0 Å². The standard InChI is InChI=1S/C12H19B3F3N/c1-5(2)7-8(13)9(15-14)11(12(16,17)18)19-10(7)6(3)4/h5-6,15H,13-14H2,1-4H3. The molecule has 0 bridgehead atoms. The summed E-state index contributed by atoms with van der Waals surface area (Å²) in [6.07, 6.45) is -4.38. The molecule has 1 rings (SSSR count). The van der Waals surface area contributed by atoms with Crippen molar-refractivity contribution < 1.29 is 13.2 Å². The Labute approximate surface area is 115 Å². The van der Waals surface area contributed by atoms with Gasteiger partial charge in [-0.15, -0.1) is 0 Å². The number of rotatable bonds is 3. The number of pyridine rings is 1. The van der Waals surface area contributed by atoms with Crippen LogP contribution in [0.4, 0.5) is 13.2 Å². The fraction of sp³-hybridized carbons (Fsp3) is 0.583. The maximum Gasteiger partial charge on any atom is 0.432 e. The van der Waals surface area contributed by atoms with Crippen LogP contribution in [0.2, 0.25) is 0 Å². The molecule has 0 saturated heterocycles. The third kappa shape index (κ3) is 3.18. The fourth-order valence-electron chi connectivity index (χ4n) is 2.62. The molecule has 1 aromatic heterocycles. The molecule has 1 nitrogen and oxygen atoms in total. The van der Waals surface area contributed by atoms with Crippen LogP contribution in [-0.4, -0.2) is 27.7 Å². The minimum atomic E-state index is -4.38. The molecule has 19 heavy (non-hydrogen) atoms. The molecule has 7 heteroatoms. The van der Waals surface area contributed by atoms with Gasteiger partial charge in [-0.25, -0.2) is 4.98 Å². The van der Waals surface area contributed by atoms with E-state index in [2.05, 4.69) is 4.98 Å². The molecule has 0 radical (unpaired) electrons. The van der Waals surface area contributed by atoms with Crippen molar-refractivity contribution in [2.24, 2.45) is 0 Å². The summed E-state index contributed by atoms with van der Waals surface area (Å²) in [5.41, 5.74) is 1.93. The average Bonchev–Trinajstić information content (AvgIpc) is 2.25. The van der Waals surface area contributed by atoms with Crippen molar-refractivity contribution >= 4 is 33.7 Å². The van der Waals surface area contributed by atoms with Gasteiger partial charge in [0.15, 0.2) is 0 Å². The second kappa shape index (κ2) is 5.64. The summed E-state index contributed by atoms with van der Waals surface area (Å²) in [4.78, 5) is 3.97.